The van der Waals surface area contributed by atoms with E-state index in [0.717, 1.165) is 46.9 Å². The van der Waals surface area contributed by atoms with Crippen LogP contribution in [0.1, 0.15) is 48.4 Å². The maximum atomic E-state index is 14.0. The summed E-state index contributed by atoms with van der Waals surface area (Å²) >= 11 is 13.4. The fourth-order valence-corrected chi connectivity index (χ4v) is 6.18. The van der Waals surface area contributed by atoms with Gasteiger partial charge < -0.3 is 5.32 Å². The highest BCUT2D eigenvalue weighted by atomic mass is 35.5. The lowest BCUT2D eigenvalue weighted by atomic mass is 9.86. The molecular weight excluding hydrogens is 470 g/mol. The minimum Gasteiger partial charge on any atom is -0.352 e. The third-order valence-electron chi connectivity index (χ3n) is 7.27. The molecule has 0 aromatic heterocycles. The fraction of sp³-hybridized carbons (Fsp3) is 0.321. The molecule has 2 aliphatic heterocycles. The highest BCUT2D eigenvalue weighted by Gasteiger charge is 2.47. The summed E-state index contributed by atoms with van der Waals surface area (Å²) in [6.07, 6.45) is 3.61. The van der Waals surface area contributed by atoms with Crippen molar-refractivity contribution in [2.45, 2.75) is 50.4 Å². The first-order chi connectivity index (χ1) is 16.5. The van der Waals surface area contributed by atoms with Gasteiger partial charge in [0.25, 0.3) is 0 Å². The number of fused-ring (bicyclic) bond motifs is 2. The van der Waals surface area contributed by atoms with Crippen LogP contribution in [0.2, 0.25) is 10.0 Å². The van der Waals surface area contributed by atoms with Crippen molar-refractivity contribution in [3.63, 3.8) is 0 Å². The molecule has 3 nitrogen and oxygen atoms in total. The van der Waals surface area contributed by atoms with E-state index in [1.165, 1.54) is 6.07 Å². The van der Waals surface area contributed by atoms with Crippen molar-refractivity contribution in [1.82, 2.24) is 10.2 Å². The van der Waals surface area contributed by atoms with E-state index in [-0.39, 0.29) is 42.3 Å². The van der Waals surface area contributed by atoms with Crippen LogP contribution in [0.5, 0.6) is 0 Å². The summed E-state index contributed by atoms with van der Waals surface area (Å²) < 4.78 is 14.0. The molecule has 0 aliphatic carbocycles. The van der Waals surface area contributed by atoms with Crippen LogP contribution >= 0.6 is 23.2 Å². The van der Waals surface area contributed by atoms with Crippen LogP contribution in [0.25, 0.3) is 0 Å². The number of nitrogens with one attached hydrogen (secondary N) is 1. The fourth-order valence-electron chi connectivity index (χ4n) is 5.70. The zero-order chi connectivity index (χ0) is 23.7. The molecule has 1 amide bonds. The van der Waals surface area contributed by atoms with Gasteiger partial charge in [-0.15, -0.1) is 0 Å². The summed E-state index contributed by atoms with van der Waals surface area (Å²) in [5, 5.41) is 4.40. The topological polar surface area (TPSA) is 32.3 Å². The van der Waals surface area contributed by atoms with Gasteiger partial charge in [-0.3, -0.25) is 9.69 Å². The van der Waals surface area contributed by atoms with Crippen LogP contribution in [0.4, 0.5) is 4.39 Å². The summed E-state index contributed by atoms with van der Waals surface area (Å²) in [6.45, 7) is 0.211. The molecule has 2 saturated heterocycles. The highest BCUT2D eigenvalue weighted by Crippen LogP contribution is 2.48. The normalized spacial score (nSPS) is 22.2. The third-order valence-corrected chi connectivity index (χ3v) is 7.96. The van der Waals surface area contributed by atoms with Crippen LogP contribution in [0.3, 0.4) is 0 Å². The first-order valence-corrected chi connectivity index (χ1v) is 12.6. The first kappa shape index (κ1) is 23.3. The maximum absolute atomic E-state index is 14.0. The summed E-state index contributed by atoms with van der Waals surface area (Å²) in [6, 6.07) is 22.9. The van der Waals surface area contributed by atoms with Crippen molar-refractivity contribution in [1.29, 1.82) is 0 Å². The van der Waals surface area contributed by atoms with Gasteiger partial charge in [-0.2, -0.15) is 0 Å². The largest absolute Gasteiger partial charge is 0.352 e. The Bertz CT molecular complexity index is 1130. The van der Waals surface area contributed by atoms with Crippen molar-refractivity contribution in [2.75, 3.05) is 0 Å². The van der Waals surface area contributed by atoms with Gasteiger partial charge in [-0.1, -0.05) is 77.8 Å². The van der Waals surface area contributed by atoms with Gasteiger partial charge in [0, 0.05) is 40.2 Å². The number of carbonyl (C=O) groups excluding carboxylic acids is 1. The smallest absolute Gasteiger partial charge is 0.223 e. The standard InChI is InChI=1S/C28H27Cl2FN2O/c29-24-10-4-2-8-22(24)27(23-9-3-5-11-25(23)30)33-20-13-14-21(33)16-19(15-20)28(34)32-17-18-7-1-6-12-26(18)31/h1-12,19-21,27H,13-17H2,(H,32,34). The van der Waals surface area contributed by atoms with Crippen LogP contribution in [-0.4, -0.2) is 22.9 Å². The molecule has 5 rings (SSSR count). The van der Waals surface area contributed by atoms with E-state index in [1.54, 1.807) is 18.2 Å². The van der Waals surface area contributed by atoms with Gasteiger partial charge in [0.2, 0.25) is 5.91 Å². The van der Waals surface area contributed by atoms with Gasteiger partial charge in [0.15, 0.2) is 0 Å². The minimum absolute atomic E-state index is 0.00633. The second-order valence-electron chi connectivity index (χ2n) is 9.26. The SMILES string of the molecule is O=C(NCc1ccccc1F)C1CC2CCC(C1)N2C(c1ccccc1Cl)c1ccccc1Cl. The van der Waals surface area contributed by atoms with E-state index in [9.17, 15) is 9.18 Å². The molecule has 3 aromatic rings. The monoisotopic (exact) mass is 496 g/mol. The number of hydrogen-bond donors (Lipinski definition) is 1. The van der Waals surface area contributed by atoms with Crippen LogP contribution in [-0.2, 0) is 11.3 Å². The second kappa shape index (κ2) is 10.1. The molecule has 2 aliphatic rings. The lowest BCUT2D eigenvalue weighted by Crippen LogP contribution is -2.48. The Morgan fingerprint density at radius 2 is 1.41 bits per heavy atom. The molecule has 1 N–H and O–H groups in total. The lowest BCUT2D eigenvalue weighted by Gasteiger charge is -2.44. The van der Waals surface area contributed by atoms with E-state index >= 15 is 0 Å². The number of benzene rings is 3. The van der Waals surface area contributed by atoms with E-state index in [2.05, 4.69) is 22.3 Å². The van der Waals surface area contributed by atoms with Gasteiger partial charge in [-0.05, 0) is 55.0 Å². The molecule has 2 unspecified atom stereocenters. The van der Waals surface area contributed by atoms with Gasteiger partial charge in [0.05, 0.1) is 6.04 Å². The van der Waals surface area contributed by atoms with Gasteiger partial charge in [-0.25, -0.2) is 4.39 Å². The summed E-state index contributed by atoms with van der Waals surface area (Å²) in [5.74, 6) is -0.370. The average Bonchev–Trinajstić information content (AvgIpc) is 3.08. The van der Waals surface area contributed by atoms with Crippen molar-refractivity contribution < 1.29 is 9.18 Å². The molecular formula is C28H27Cl2FN2O. The summed E-state index contributed by atoms with van der Waals surface area (Å²) in [5.41, 5.74) is 2.59. The number of amides is 1. The Labute approximate surface area is 209 Å². The van der Waals surface area contributed by atoms with Crippen molar-refractivity contribution in [2.24, 2.45) is 5.92 Å². The first-order valence-electron chi connectivity index (χ1n) is 11.8. The third kappa shape index (κ3) is 4.59. The number of nitrogens with zero attached hydrogens (tertiary/aromatic N) is 1. The highest BCUT2D eigenvalue weighted by molar-refractivity contribution is 6.32. The van der Waals surface area contributed by atoms with E-state index in [4.69, 9.17) is 23.2 Å². The Kier molecular flexibility index (Phi) is 6.91. The molecule has 0 saturated carbocycles. The maximum Gasteiger partial charge on any atom is 0.223 e. The van der Waals surface area contributed by atoms with E-state index in [1.807, 2.05) is 36.4 Å². The van der Waals surface area contributed by atoms with Crippen molar-refractivity contribution in [3.8, 4) is 0 Å². The van der Waals surface area contributed by atoms with Crippen LogP contribution in [0.15, 0.2) is 72.8 Å². The van der Waals surface area contributed by atoms with Gasteiger partial charge >= 0.3 is 0 Å². The molecule has 34 heavy (non-hydrogen) atoms. The summed E-state index contributed by atoms with van der Waals surface area (Å²) in [7, 11) is 0. The number of hydrogen-bond acceptors (Lipinski definition) is 2. The Morgan fingerprint density at radius 3 is 1.97 bits per heavy atom. The lowest BCUT2D eigenvalue weighted by molar-refractivity contribution is -0.127. The Balaban J connectivity index is 1.38. The Hall–Kier alpha value is -2.40. The molecule has 2 heterocycles. The zero-order valence-corrected chi connectivity index (χ0v) is 20.3. The molecule has 6 heteroatoms. The molecule has 2 fully saturated rings. The number of carbonyl (C=O) groups is 1. The molecule has 0 radical (unpaired) electrons. The van der Waals surface area contributed by atoms with Crippen molar-refractivity contribution in [3.05, 3.63) is 105 Å². The van der Waals surface area contributed by atoms with E-state index < -0.39 is 0 Å². The Morgan fingerprint density at radius 1 is 0.882 bits per heavy atom. The summed E-state index contributed by atoms with van der Waals surface area (Å²) in [4.78, 5) is 15.6. The zero-order valence-electron chi connectivity index (χ0n) is 18.8. The quantitative estimate of drug-likeness (QED) is 0.407. The number of rotatable bonds is 6. The predicted molar refractivity (Wildman–Crippen MR) is 134 cm³/mol. The average molecular weight is 497 g/mol. The number of piperidine rings is 1. The minimum atomic E-state index is -0.292. The van der Waals surface area contributed by atoms with Crippen LogP contribution < -0.4 is 5.32 Å². The number of halogens is 3. The molecule has 2 bridgehead atoms. The molecule has 176 valence electrons. The molecule has 0 spiro atoms. The van der Waals surface area contributed by atoms with Crippen molar-refractivity contribution >= 4 is 29.1 Å². The predicted octanol–water partition coefficient (Wildman–Crippen LogP) is 6.78. The molecule has 2 atom stereocenters. The van der Waals surface area contributed by atoms with Gasteiger partial charge in [0.1, 0.15) is 5.82 Å². The van der Waals surface area contributed by atoms with E-state index in [0.29, 0.717) is 5.56 Å². The van der Waals surface area contributed by atoms with Crippen LogP contribution in [0, 0.1) is 11.7 Å². The molecule has 3 aromatic carbocycles. The second-order valence-corrected chi connectivity index (χ2v) is 10.1.